The van der Waals surface area contributed by atoms with Gasteiger partial charge < -0.3 is 26.9 Å². The summed E-state index contributed by atoms with van der Waals surface area (Å²) in [6.07, 6.45) is 2.03. The maximum Gasteiger partial charge on any atom is 0.500 e. The van der Waals surface area contributed by atoms with Gasteiger partial charge >= 0.3 is 18.1 Å². The molecular formula is C19H45NO6Si2. The molecule has 9 heteroatoms. The molecule has 0 aliphatic heterocycles. The smallest absolute Gasteiger partial charge is 0.397 e. The normalized spacial score (nSPS) is 12.4. The zero-order valence-corrected chi connectivity index (χ0v) is 21.3. The van der Waals surface area contributed by atoms with Gasteiger partial charge in [0.25, 0.3) is 0 Å². The molecule has 0 aliphatic rings. The molecule has 0 aromatic heterocycles. The number of ether oxygens (including phenoxy) is 1. The summed E-state index contributed by atoms with van der Waals surface area (Å²) < 4.78 is 35.1. The second kappa shape index (κ2) is 19.1. The van der Waals surface area contributed by atoms with E-state index in [4.69, 9.17) is 26.9 Å². The Hall–Kier alpha value is 0.154. The molecule has 0 amide bonds. The molecule has 28 heavy (non-hydrogen) atoms. The van der Waals surface area contributed by atoms with Crippen molar-refractivity contribution in [3.63, 3.8) is 0 Å². The van der Waals surface area contributed by atoms with E-state index in [2.05, 4.69) is 4.90 Å². The molecule has 0 saturated heterocycles. The first-order valence-corrected chi connectivity index (χ1v) is 14.7. The van der Waals surface area contributed by atoms with Gasteiger partial charge in [-0.2, -0.15) is 0 Å². The van der Waals surface area contributed by atoms with E-state index in [1.54, 1.807) is 0 Å². The van der Waals surface area contributed by atoms with Crippen molar-refractivity contribution in [3.05, 3.63) is 0 Å². The van der Waals surface area contributed by atoms with E-state index in [9.17, 15) is 0 Å². The minimum atomic E-state index is -2.56. The fourth-order valence-corrected chi connectivity index (χ4v) is 7.33. The Morgan fingerprint density at radius 2 is 1.21 bits per heavy atom. The zero-order chi connectivity index (χ0) is 21.1. The van der Waals surface area contributed by atoms with Gasteiger partial charge in [-0.25, -0.2) is 0 Å². The Kier molecular flexibility index (Phi) is 19.2. The fraction of sp³-hybridized carbons (Fsp3) is 1.00. The predicted octanol–water partition coefficient (Wildman–Crippen LogP) is 3.40. The SMILES string of the molecule is CCOCN(CCC[SiH](OCC)OCC)CCC[Si](OCC)(OCC)OCC. The molecule has 0 aromatic rings. The topological polar surface area (TPSA) is 58.6 Å². The Labute approximate surface area is 176 Å². The largest absolute Gasteiger partial charge is 0.500 e. The van der Waals surface area contributed by atoms with Crippen LogP contribution in [0.25, 0.3) is 0 Å². The van der Waals surface area contributed by atoms with Crippen LogP contribution in [-0.2, 0) is 26.9 Å². The fourth-order valence-electron chi connectivity index (χ4n) is 3.05. The summed E-state index contributed by atoms with van der Waals surface area (Å²) in [5.41, 5.74) is 0. The van der Waals surface area contributed by atoms with Crippen LogP contribution in [-0.4, -0.2) is 82.4 Å². The lowest BCUT2D eigenvalue weighted by Gasteiger charge is -2.29. The maximum absolute atomic E-state index is 5.96. The van der Waals surface area contributed by atoms with Crippen LogP contribution in [0.2, 0.25) is 12.1 Å². The molecule has 0 unspecified atom stereocenters. The summed E-state index contributed by atoms with van der Waals surface area (Å²) in [7, 11) is -4.09. The molecule has 0 atom stereocenters. The minimum Gasteiger partial charge on any atom is -0.397 e. The Morgan fingerprint density at radius 3 is 1.68 bits per heavy atom. The van der Waals surface area contributed by atoms with Crippen molar-refractivity contribution >= 4 is 18.1 Å². The lowest BCUT2D eigenvalue weighted by Crippen LogP contribution is -2.46. The second-order valence-corrected chi connectivity index (χ2v) is 11.1. The van der Waals surface area contributed by atoms with Crippen molar-refractivity contribution in [3.8, 4) is 0 Å². The van der Waals surface area contributed by atoms with Crippen molar-refractivity contribution in [2.45, 2.75) is 66.5 Å². The molecule has 0 aliphatic carbocycles. The number of hydrogen-bond acceptors (Lipinski definition) is 7. The number of nitrogens with zero attached hydrogens (tertiary/aromatic N) is 1. The van der Waals surface area contributed by atoms with Crippen LogP contribution in [0.3, 0.4) is 0 Å². The van der Waals surface area contributed by atoms with E-state index >= 15 is 0 Å². The van der Waals surface area contributed by atoms with Crippen LogP contribution >= 0.6 is 0 Å². The van der Waals surface area contributed by atoms with Crippen LogP contribution in [0, 0.1) is 0 Å². The summed E-state index contributed by atoms with van der Waals surface area (Å²) in [6.45, 7) is 18.7. The summed E-state index contributed by atoms with van der Waals surface area (Å²) >= 11 is 0. The molecule has 0 rings (SSSR count). The highest BCUT2D eigenvalue weighted by Gasteiger charge is 2.39. The summed E-state index contributed by atoms with van der Waals surface area (Å²) in [6, 6.07) is 1.86. The standard InChI is InChI=1S/C19H45NO6Si2/c1-7-21-19-20(15-13-17-27(22-8-2)23-9-3)16-14-18-28(24-10-4,25-11-5)26-12-6/h27H,7-19H2,1-6H3. The summed E-state index contributed by atoms with van der Waals surface area (Å²) in [5.74, 6) is 0. The quantitative estimate of drug-likeness (QED) is 0.201. The van der Waals surface area contributed by atoms with Crippen molar-refractivity contribution < 1.29 is 26.9 Å². The van der Waals surface area contributed by atoms with E-state index in [-0.39, 0.29) is 0 Å². The molecule has 0 radical (unpaired) electrons. The van der Waals surface area contributed by atoms with Crippen molar-refractivity contribution in [2.75, 3.05) is 59.5 Å². The van der Waals surface area contributed by atoms with E-state index in [0.29, 0.717) is 26.6 Å². The average Bonchev–Trinajstić information content (AvgIpc) is 2.66. The van der Waals surface area contributed by atoms with E-state index in [1.807, 2.05) is 41.5 Å². The zero-order valence-electron chi connectivity index (χ0n) is 19.2. The predicted molar refractivity (Wildman–Crippen MR) is 118 cm³/mol. The van der Waals surface area contributed by atoms with Gasteiger partial charge in [0.2, 0.25) is 0 Å². The van der Waals surface area contributed by atoms with Crippen LogP contribution in [0.15, 0.2) is 0 Å². The van der Waals surface area contributed by atoms with Crippen LogP contribution in [0.1, 0.15) is 54.4 Å². The highest BCUT2D eigenvalue weighted by molar-refractivity contribution is 6.60. The van der Waals surface area contributed by atoms with Crippen LogP contribution in [0.4, 0.5) is 0 Å². The first-order chi connectivity index (χ1) is 13.6. The minimum absolute atomic E-state index is 0.621. The Bertz CT molecular complexity index is 319. The third-order valence-electron chi connectivity index (χ3n) is 4.15. The third kappa shape index (κ3) is 13.4. The molecule has 7 nitrogen and oxygen atoms in total. The highest BCUT2D eigenvalue weighted by Crippen LogP contribution is 2.19. The van der Waals surface area contributed by atoms with Gasteiger partial charge in [-0.3, -0.25) is 4.90 Å². The number of hydrogen-bond donors (Lipinski definition) is 0. The maximum atomic E-state index is 5.96. The molecule has 170 valence electrons. The summed E-state index contributed by atoms with van der Waals surface area (Å²) in [4.78, 5) is 2.36. The Balaban J connectivity index is 4.55. The molecule has 0 heterocycles. The van der Waals surface area contributed by atoms with Gasteiger partial charge in [-0.15, -0.1) is 0 Å². The van der Waals surface area contributed by atoms with Gasteiger partial charge in [0.1, 0.15) is 0 Å². The van der Waals surface area contributed by atoms with Gasteiger partial charge in [0.15, 0.2) is 0 Å². The van der Waals surface area contributed by atoms with E-state index < -0.39 is 18.1 Å². The summed E-state index contributed by atoms with van der Waals surface area (Å²) in [5, 5.41) is 0. The van der Waals surface area contributed by atoms with Crippen molar-refractivity contribution in [1.82, 2.24) is 4.90 Å². The molecule has 0 saturated carbocycles. The van der Waals surface area contributed by atoms with Crippen molar-refractivity contribution in [2.24, 2.45) is 0 Å². The second-order valence-electron chi connectivity index (χ2n) is 6.31. The first kappa shape index (κ1) is 28.2. The Morgan fingerprint density at radius 1 is 0.679 bits per heavy atom. The van der Waals surface area contributed by atoms with E-state index in [0.717, 1.165) is 57.8 Å². The van der Waals surface area contributed by atoms with Crippen LogP contribution in [0.5, 0.6) is 0 Å². The van der Waals surface area contributed by atoms with Crippen LogP contribution < -0.4 is 0 Å². The lowest BCUT2D eigenvalue weighted by molar-refractivity contribution is 0.0324. The van der Waals surface area contributed by atoms with E-state index in [1.165, 1.54) is 0 Å². The molecule has 0 fully saturated rings. The average molecular weight is 440 g/mol. The number of rotatable bonds is 21. The lowest BCUT2D eigenvalue weighted by atomic mass is 10.4. The molecular weight excluding hydrogens is 394 g/mol. The highest BCUT2D eigenvalue weighted by atomic mass is 28.4. The monoisotopic (exact) mass is 439 g/mol. The molecule has 0 spiro atoms. The van der Waals surface area contributed by atoms with Gasteiger partial charge in [-0.05, 0) is 60.4 Å². The molecule has 0 bridgehead atoms. The third-order valence-corrected chi connectivity index (χ3v) is 9.59. The van der Waals surface area contributed by atoms with Gasteiger partial charge in [0.05, 0.1) is 6.73 Å². The molecule has 0 N–H and O–H groups in total. The first-order valence-electron chi connectivity index (χ1n) is 11.1. The van der Waals surface area contributed by atoms with Gasteiger partial charge in [0, 0.05) is 58.8 Å². The van der Waals surface area contributed by atoms with Gasteiger partial charge in [-0.1, -0.05) is 0 Å². The molecule has 0 aromatic carbocycles. The van der Waals surface area contributed by atoms with Crippen molar-refractivity contribution in [1.29, 1.82) is 0 Å².